The normalized spacial score (nSPS) is 36.3. The second-order valence-corrected chi connectivity index (χ2v) is 3.53. The third kappa shape index (κ3) is 1.86. The first-order valence-corrected chi connectivity index (χ1v) is 4.12. The van der Waals surface area contributed by atoms with Crippen molar-refractivity contribution in [2.45, 2.75) is 44.9 Å². The van der Waals surface area contributed by atoms with Crippen LogP contribution in [0.2, 0.25) is 0 Å². The van der Waals surface area contributed by atoms with Crippen LogP contribution in [0.25, 0.3) is 0 Å². The molecule has 0 amide bonds. The van der Waals surface area contributed by atoms with E-state index in [4.69, 9.17) is 9.47 Å². The molecule has 1 rings (SSSR count). The van der Waals surface area contributed by atoms with Crippen molar-refractivity contribution in [3.63, 3.8) is 0 Å². The molecule has 1 aliphatic heterocycles. The second kappa shape index (κ2) is 3.17. The Labute approximate surface area is 73.0 Å². The first-order valence-electron chi connectivity index (χ1n) is 4.12. The van der Waals surface area contributed by atoms with Crippen molar-refractivity contribution < 1.29 is 14.6 Å². The first-order chi connectivity index (χ1) is 5.46. The zero-order valence-electron chi connectivity index (χ0n) is 7.78. The van der Waals surface area contributed by atoms with Gasteiger partial charge >= 0.3 is 0 Å². The number of hydrogen-bond acceptors (Lipinski definition) is 3. The Balaban J connectivity index is 2.63. The highest BCUT2D eigenvalue weighted by molar-refractivity contribution is 4.92. The Morgan fingerprint density at radius 2 is 2.08 bits per heavy atom. The van der Waals surface area contributed by atoms with E-state index in [1.807, 2.05) is 20.8 Å². The van der Waals surface area contributed by atoms with Gasteiger partial charge in [-0.1, -0.05) is 6.08 Å². The van der Waals surface area contributed by atoms with Crippen LogP contribution in [-0.2, 0) is 9.47 Å². The standard InChI is InChI=1S/C9H16O3/c1-5-7(10)8-6(2)11-9(3,4)12-8/h5-8,10H,1H2,2-4H3. The topological polar surface area (TPSA) is 38.7 Å². The van der Waals surface area contributed by atoms with Gasteiger partial charge in [0.1, 0.15) is 12.2 Å². The average Bonchev–Trinajstić information content (AvgIpc) is 2.23. The molecule has 3 nitrogen and oxygen atoms in total. The third-order valence-corrected chi connectivity index (χ3v) is 1.93. The summed E-state index contributed by atoms with van der Waals surface area (Å²) in [7, 11) is 0. The monoisotopic (exact) mass is 172 g/mol. The maximum Gasteiger partial charge on any atom is 0.163 e. The molecular weight excluding hydrogens is 156 g/mol. The van der Waals surface area contributed by atoms with Crippen molar-refractivity contribution in [2.75, 3.05) is 0 Å². The molecule has 0 spiro atoms. The lowest BCUT2D eigenvalue weighted by Gasteiger charge is -2.18. The molecule has 70 valence electrons. The molecule has 1 N–H and O–H groups in total. The molecule has 0 aromatic heterocycles. The zero-order chi connectivity index (χ0) is 9.35. The highest BCUT2D eigenvalue weighted by Gasteiger charge is 2.41. The average molecular weight is 172 g/mol. The molecule has 3 unspecified atom stereocenters. The molecule has 3 atom stereocenters. The van der Waals surface area contributed by atoms with Gasteiger partial charge in [-0.2, -0.15) is 0 Å². The SMILES string of the molecule is C=CC(O)C1OC(C)(C)OC1C. The summed E-state index contributed by atoms with van der Waals surface area (Å²) in [6, 6.07) is 0. The summed E-state index contributed by atoms with van der Waals surface area (Å²) in [5.41, 5.74) is 0. The van der Waals surface area contributed by atoms with Crippen molar-refractivity contribution in [3.05, 3.63) is 12.7 Å². The van der Waals surface area contributed by atoms with Crippen molar-refractivity contribution in [2.24, 2.45) is 0 Å². The van der Waals surface area contributed by atoms with E-state index >= 15 is 0 Å². The molecule has 1 heterocycles. The smallest absolute Gasteiger partial charge is 0.163 e. The lowest BCUT2D eigenvalue weighted by atomic mass is 10.1. The van der Waals surface area contributed by atoms with Gasteiger partial charge in [0.05, 0.1) is 6.10 Å². The molecule has 0 aliphatic carbocycles. The van der Waals surface area contributed by atoms with Gasteiger partial charge in [0.15, 0.2) is 5.79 Å². The summed E-state index contributed by atoms with van der Waals surface area (Å²) in [4.78, 5) is 0. The third-order valence-electron chi connectivity index (χ3n) is 1.93. The van der Waals surface area contributed by atoms with Crippen LogP contribution in [0.4, 0.5) is 0 Å². The van der Waals surface area contributed by atoms with Crippen molar-refractivity contribution in [1.82, 2.24) is 0 Å². The minimum absolute atomic E-state index is 0.0898. The largest absolute Gasteiger partial charge is 0.386 e. The lowest BCUT2D eigenvalue weighted by Crippen LogP contribution is -2.32. The number of aliphatic hydroxyl groups excluding tert-OH is 1. The van der Waals surface area contributed by atoms with E-state index in [9.17, 15) is 5.11 Å². The fraction of sp³-hybridized carbons (Fsp3) is 0.778. The summed E-state index contributed by atoms with van der Waals surface area (Å²) in [6.45, 7) is 9.05. The van der Waals surface area contributed by atoms with Crippen LogP contribution >= 0.6 is 0 Å². The minimum atomic E-state index is -0.651. The number of hydrogen-bond donors (Lipinski definition) is 1. The maximum atomic E-state index is 9.44. The Morgan fingerprint density at radius 1 is 1.50 bits per heavy atom. The summed E-state index contributed by atoms with van der Waals surface area (Å²) >= 11 is 0. The van der Waals surface area contributed by atoms with Crippen LogP contribution in [0.15, 0.2) is 12.7 Å². The van der Waals surface area contributed by atoms with Crippen molar-refractivity contribution in [1.29, 1.82) is 0 Å². The van der Waals surface area contributed by atoms with Crippen LogP contribution in [-0.4, -0.2) is 29.2 Å². The number of aliphatic hydroxyl groups is 1. The molecule has 0 bridgehead atoms. The van der Waals surface area contributed by atoms with Crippen LogP contribution < -0.4 is 0 Å². The molecule has 12 heavy (non-hydrogen) atoms. The van der Waals surface area contributed by atoms with Gasteiger partial charge < -0.3 is 14.6 Å². The lowest BCUT2D eigenvalue weighted by molar-refractivity contribution is -0.151. The van der Waals surface area contributed by atoms with Gasteiger partial charge in [-0.05, 0) is 20.8 Å². The fourth-order valence-electron chi connectivity index (χ4n) is 1.45. The van der Waals surface area contributed by atoms with Crippen molar-refractivity contribution in [3.8, 4) is 0 Å². The predicted octanol–water partition coefficient (Wildman–Crippen LogP) is 1.07. The first kappa shape index (κ1) is 9.71. The van der Waals surface area contributed by atoms with Crippen molar-refractivity contribution >= 4 is 0 Å². The van der Waals surface area contributed by atoms with Crippen LogP contribution in [0.5, 0.6) is 0 Å². The summed E-state index contributed by atoms with van der Waals surface area (Å²) in [5.74, 6) is -0.589. The number of ether oxygens (including phenoxy) is 2. The second-order valence-electron chi connectivity index (χ2n) is 3.53. The van der Waals surface area contributed by atoms with Gasteiger partial charge in [-0.15, -0.1) is 6.58 Å². The Kier molecular flexibility index (Phi) is 2.56. The summed E-state index contributed by atoms with van der Waals surface area (Å²) in [6.07, 6.45) is 0.429. The summed E-state index contributed by atoms with van der Waals surface area (Å²) in [5, 5.41) is 9.44. The van der Waals surface area contributed by atoms with Crippen LogP contribution in [0.1, 0.15) is 20.8 Å². The molecule has 1 saturated heterocycles. The predicted molar refractivity (Wildman–Crippen MR) is 45.7 cm³/mol. The van der Waals surface area contributed by atoms with E-state index in [0.717, 1.165) is 0 Å². The van der Waals surface area contributed by atoms with Gasteiger partial charge in [0, 0.05) is 0 Å². The van der Waals surface area contributed by atoms with E-state index in [-0.39, 0.29) is 12.2 Å². The molecule has 0 saturated carbocycles. The summed E-state index contributed by atoms with van der Waals surface area (Å²) < 4.78 is 10.9. The van der Waals surface area contributed by atoms with Gasteiger partial charge in [-0.25, -0.2) is 0 Å². The highest BCUT2D eigenvalue weighted by Crippen LogP contribution is 2.29. The Bertz CT molecular complexity index is 177. The van der Waals surface area contributed by atoms with Gasteiger partial charge in [0.2, 0.25) is 0 Å². The van der Waals surface area contributed by atoms with E-state index in [1.54, 1.807) is 0 Å². The fourth-order valence-corrected chi connectivity index (χ4v) is 1.45. The molecule has 0 aromatic carbocycles. The molecular formula is C9H16O3. The Morgan fingerprint density at radius 3 is 2.42 bits per heavy atom. The molecule has 1 aliphatic rings. The molecule has 0 radical (unpaired) electrons. The highest BCUT2D eigenvalue weighted by atomic mass is 16.8. The minimum Gasteiger partial charge on any atom is -0.386 e. The zero-order valence-corrected chi connectivity index (χ0v) is 7.78. The Hall–Kier alpha value is -0.380. The van der Waals surface area contributed by atoms with Gasteiger partial charge in [-0.3, -0.25) is 0 Å². The molecule has 1 fully saturated rings. The van der Waals surface area contributed by atoms with E-state index < -0.39 is 11.9 Å². The van der Waals surface area contributed by atoms with Gasteiger partial charge in [0.25, 0.3) is 0 Å². The quantitative estimate of drug-likeness (QED) is 0.633. The van der Waals surface area contributed by atoms with E-state index in [1.165, 1.54) is 6.08 Å². The number of rotatable bonds is 2. The van der Waals surface area contributed by atoms with E-state index in [0.29, 0.717) is 0 Å². The van der Waals surface area contributed by atoms with Crippen LogP contribution in [0.3, 0.4) is 0 Å². The van der Waals surface area contributed by atoms with Crippen LogP contribution in [0, 0.1) is 0 Å². The van der Waals surface area contributed by atoms with E-state index in [2.05, 4.69) is 6.58 Å². The molecule has 3 heteroatoms. The maximum absolute atomic E-state index is 9.44. The molecule has 0 aromatic rings.